The van der Waals surface area contributed by atoms with Crippen molar-refractivity contribution in [1.29, 1.82) is 0 Å². The molecule has 0 aromatic carbocycles. The summed E-state index contributed by atoms with van der Waals surface area (Å²) in [6.45, 7) is 12.4. The van der Waals surface area contributed by atoms with Gasteiger partial charge in [0.1, 0.15) is 0 Å². The van der Waals surface area contributed by atoms with Gasteiger partial charge in [0, 0.05) is 37.7 Å². The van der Waals surface area contributed by atoms with Crippen LogP contribution >= 0.6 is 0 Å². The molecule has 1 aliphatic heterocycles. The quantitative estimate of drug-likeness (QED) is 0.624. The molecule has 1 heterocycles. The van der Waals surface area contributed by atoms with Gasteiger partial charge in [-0.1, -0.05) is 6.92 Å². The van der Waals surface area contributed by atoms with Gasteiger partial charge in [0.15, 0.2) is 0 Å². The molecule has 114 valence electrons. The van der Waals surface area contributed by atoms with E-state index in [2.05, 4.69) is 31.0 Å². The highest BCUT2D eigenvalue weighted by atomic mass is 16.5. The summed E-state index contributed by atoms with van der Waals surface area (Å²) in [6.07, 6.45) is 3.54. The lowest BCUT2D eigenvalue weighted by Gasteiger charge is -2.42. The Balaban J connectivity index is 2.60. The minimum Gasteiger partial charge on any atom is -0.395 e. The lowest BCUT2D eigenvalue weighted by Crippen LogP contribution is -2.51. The van der Waals surface area contributed by atoms with E-state index in [1.807, 2.05) is 0 Å². The molecule has 4 heteroatoms. The predicted octanol–water partition coefficient (Wildman–Crippen LogP) is 1.49. The van der Waals surface area contributed by atoms with E-state index in [0.717, 1.165) is 45.8 Å². The third-order valence-electron chi connectivity index (χ3n) is 3.99. The van der Waals surface area contributed by atoms with Crippen molar-refractivity contribution in [3.05, 3.63) is 0 Å². The van der Waals surface area contributed by atoms with E-state index >= 15 is 0 Å². The average molecular weight is 272 g/mol. The molecular weight excluding hydrogens is 240 g/mol. The first-order valence-corrected chi connectivity index (χ1v) is 7.77. The molecule has 0 aromatic rings. The maximum atomic E-state index is 9.22. The van der Waals surface area contributed by atoms with Gasteiger partial charge in [0.25, 0.3) is 0 Å². The summed E-state index contributed by atoms with van der Waals surface area (Å²) in [5.41, 5.74) is 0.215. The molecule has 0 amide bonds. The summed E-state index contributed by atoms with van der Waals surface area (Å²) in [5, 5.41) is 12.8. The molecule has 0 bridgehead atoms. The van der Waals surface area contributed by atoms with Gasteiger partial charge in [0.05, 0.1) is 13.2 Å². The summed E-state index contributed by atoms with van der Waals surface area (Å²) in [5.74, 6) is 0. The lowest BCUT2D eigenvalue weighted by molar-refractivity contribution is -0.0328. The number of hydrogen-bond acceptors (Lipinski definition) is 4. The van der Waals surface area contributed by atoms with E-state index in [-0.39, 0.29) is 12.0 Å². The fourth-order valence-electron chi connectivity index (χ4n) is 2.84. The third kappa shape index (κ3) is 5.78. The van der Waals surface area contributed by atoms with E-state index in [1.54, 1.807) is 0 Å². The largest absolute Gasteiger partial charge is 0.395 e. The minimum absolute atomic E-state index is 0.215. The number of rotatable bonds is 9. The van der Waals surface area contributed by atoms with Crippen LogP contribution < -0.4 is 5.32 Å². The maximum absolute atomic E-state index is 9.22. The van der Waals surface area contributed by atoms with Crippen molar-refractivity contribution in [1.82, 2.24) is 10.2 Å². The second kappa shape index (κ2) is 8.90. The summed E-state index contributed by atoms with van der Waals surface area (Å²) in [6, 6.07) is 0.470. The van der Waals surface area contributed by atoms with E-state index < -0.39 is 0 Å². The Morgan fingerprint density at radius 1 is 1.42 bits per heavy atom. The smallest absolute Gasteiger partial charge is 0.0558 e. The molecule has 1 rings (SSSR count). The van der Waals surface area contributed by atoms with Crippen molar-refractivity contribution in [2.75, 3.05) is 46.0 Å². The van der Waals surface area contributed by atoms with Crippen molar-refractivity contribution in [2.45, 2.75) is 46.1 Å². The molecule has 0 aromatic heterocycles. The maximum Gasteiger partial charge on any atom is 0.0558 e. The first kappa shape index (κ1) is 16.9. The van der Waals surface area contributed by atoms with Gasteiger partial charge in [-0.05, 0) is 39.7 Å². The van der Waals surface area contributed by atoms with Crippen LogP contribution in [0.3, 0.4) is 0 Å². The molecule has 0 aliphatic carbocycles. The van der Waals surface area contributed by atoms with E-state index in [0.29, 0.717) is 6.04 Å². The second-order valence-corrected chi connectivity index (χ2v) is 6.12. The number of aliphatic hydroxyl groups is 1. The van der Waals surface area contributed by atoms with Crippen LogP contribution in [0.1, 0.15) is 40.0 Å². The Hall–Kier alpha value is -0.160. The lowest BCUT2D eigenvalue weighted by atomic mass is 9.81. The van der Waals surface area contributed by atoms with Gasteiger partial charge in [-0.25, -0.2) is 0 Å². The molecule has 2 N–H and O–H groups in total. The molecule has 1 fully saturated rings. The first-order chi connectivity index (χ1) is 9.13. The molecule has 1 unspecified atom stereocenters. The van der Waals surface area contributed by atoms with Crippen LogP contribution in [-0.4, -0.2) is 62.0 Å². The van der Waals surface area contributed by atoms with Gasteiger partial charge < -0.3 is 15.2 Å². The standard InChI is InChI=1S/C15H32N2O2/c1-4-7-16-11-15(6-5-10-19-13-15)12-17(8-9-18)14(2)3/h14,16,18H,4-13H2,1-3H3. The zero-order valence-corrected chi connectivity index (χ0v) is 13.0. The summed E-state index contributed by atoms with van der Waals surface area (Å²) < 4.78 is 5.75. The summed E-state index contributed by atoms with van der Waals surface area (Å²) >= 11 is 0. The topological polar surface area (TPSA) is 44.7 Å². The number of hydrogen-bond donors (Lipinski definition) is 2. The van der Waals surface area contributed by atoms with Crippen LogP contribution in [0.2, 0.25) is 0 Å². The Morgan fingerprint density at radius 3 is 2.74 bits per heavy atom. The Morgan fingerprint density at radius 2 is 2.21 bits per heavy atom. The third-order valence-corrected chi connectivity index (χ3v) is 3.99. The van der Waals surface area contributed by atoms with Gasteiger partial charge in [-0.3, -0.25) is 4.90 Å². The van der Waals surface area contributed by atoms with Crippen LogP contribution in [0.4, 0.5) is 0 Å². The SMILES string of the molecule is CCCNCC1(CN(CCO)C(C)C)CCCOC1. The molecule has 1 saturated heterocycles. The molecule has 0 spiro atoms. The predicted molar refractivity (Wildman–Crippen MR) is 79.4 cm³/mol. The van der Waals surface area contributed by atoms with E-state index in [9.17, 15) is 5.11 Å². The summed E-state index contributed by atoms with van der Waals surface area (Å²) in [4.78, 5) is 2.38. The fraction of sp³-hybridized carbons (Fsp3) is 1.00. The number of nitrogens with one attached hydrogen (secondary N) is 1. The highest BCUT2D eigenvalue weighted by Gasteiger charge is 2.34. The molecular formula is C15H32N2O2. The zero-order chi connectivity index (χ0) is 14.1. The normalized spacial score (nSPS) is 24.3. The zero-order valence-electron chi connectivity index (χ0n) is 13.0. The van der Waals surface area contributed by atoms with Crippen molar-refractivity contribution in [3.63, 3.8) is 0 Å². The average Bonchev–Trinajstić information content (AvgIpc) is 2.39. The van der Waals surface area contributed by atoms with E-state index in [1.165, 1.54) is 12.8 Å². The fourth-order valence-corrected chi connectivity index (χ4v) is 2.84. The molecule has 0 radical (unpaired) electrons. The highest BCUT2D eigenvalue weighted by Crippen LogP contribution is 2.29. The van der Waals surface area contributed by atoms with Crippen molar-refractivity contribution in [3.8, 4) is 0 Å². The van der Waals surface area contributed by atoms with Crippen LogP contribution in [0.25, 0.3) is 0 Å². The number of ether oxygens (including phenoxy) is 1. The van der Waals surface area contributed by atoms with Crippen LogP contribution in [-0.2, 0) is 4.74 Å². The van der Waals surface area contributed by atoms with Crippen molar-refractivity contribution >= 4 is 0 Å². The monoisotopic (exact) mass is 272 g/mol. The van der Waals surface area contributed by atoms with Crippen molar-refractivity contribution < 1.29 is 9.84 Å². The molecule has 19 heavy (non-hydrogen) atoms. The molecule has 1 atom stereocenters. The number of aliphatic hydroxyl groups excluding tert-OH is 1. The van der Waals surface area contributed by atoms with E-state index in [4.69, 9.17) is 4.74 Å². The molecule has 1 aliphatic rings. The molecule has 4 nitrogen and oxygen atoms in total. The Kier molecular flexibility index (Phi) is 7.91. The minimum atomic E-state index is 0.215. The van der Waals surface area contributed by atoms with Crippen LogP contribution in [0.15, 0.2) is 0 Å². The van der Waals surface area contributed by atoms with Gasteiger partial charge >= 0.3 is 0 Å². The molecule has 0 saturated carbocycles. The summed E-state index contributed by atoms with van der Waals surface area (Å²) in [7, 11) is 0. The number of nitrogens with zero attached hydrogens (tertiary/aromatic N) is 1. The van der Waals surface area contributed by atoms with Gasteiger partial charge in [-0.15, -0.1) is 0 Å². The Labute approximate surface area is 118 Å². The van der Waals surface area contributed by atoms with Crippen molar-refractivity contribution in [2.24, 2.45) is 5.41 Å². The van der Waals surface area contributed by atoms with Gasteiger partial charge in [-0.2, -0.15) is 0 Å². The Bertz CT molecular complexity index is 228. The van der Waals surface area contributed by atoms with Gasteiger partial charge in [0.2, 0.25) is 0 Å². The van der Waals surface area contributed by atoms with Crippen LogP contribution in [0, 0.1) is 5.41 Å². The highest BCUT2D eigenvalue weighted by molar-refractivity contribution is 4.88. The first-order valence-electron chi connectivity index (χ1n) is 7.77. The second-order valence-electron chi connectivity index (χ2n) is 6.12. The van der Waals surface area contributed by atoms with Crippen LogP contribution in [0.5, 0.6) is 0 Å².